The lowest BCUT2D eigenvalue weighted by molar-refractivity contribution is -0.156. The fraction of sp³-hybridized carbons (Fsp3) is 0.287. The summed E-state index contributed by atoms with van der Waals surface area (Å²) in [7, 11) is 0. The van der Waals surface area contributed by atoms with Gasteiger partial charge in [0.25, 0.3) is 0 Å². The smallest absolute Gasteiger partial charge is 0.311 e. The van der Waals surface area contributed by atoms with E-state index in [9.17, 15) is 48.9 Å². The summed E-state index contributed by atoms with van der Waals surface area (Å²) in [5.74, 6) is -1.01. The van der Waals surface area contributed by atoms with Crippen LogP contribution in [0.4, 0.5) is 0 Å². The molecule has 0 bridgehead atoms. The summed E-state index contributed by atoms with van der Waals surface area (Å²) in [4.78, 5) is 84.5. The van der Waals surface area contributed by atoms with E-state index in [4.69, 9.17) is 14.2 Å². The van der Waals surface area contributed by atoms with Crippen LogP contribution in [0.15, 0.2) is 215 Å². The number of benzene rings is 4. The molecule has 0 heterocycles. The Bertz CT molecular complexity index is 3720. The topological polar surface area (TPSA) is 208 Å². The zero-order valence-corrected chi connectivity index (χ0v) is 56.0. The molecule has 3 atom stereocenters. The normalized spacial score (nSPS) is 17.4. The van der Waals surface area contributed by atoms with Crippen molar-refractivity contribution in [3.63, 3.8) is 0 Å². The number of aldehydes is 1. The van der Waals surface area contributed by atoms with E-state index in [1.54, 1.807) is 85.8 Å². The Morgan fingerprint density at radius 1 is 0.495 bits per heavy atom. The summed E-state index contributed by atoms with van der Waals surface area (Å²) in [5.41, 5.74) is 11.1. The molecule has 2 aliphatic carbocycles. The van der Waals surface area contributed by atoms with Gasteiger partial charge >= 0.3 is 17.9 Å². The highest BCUT2D eigenvalue weighted by molar-refractivity contribution is 6.01. The number of phenolic OH excluding ortho intramolecular Hbond substituents is 3. The predicted molar refractivity (Wildman–Crippen MR) is 373 cm³/mol. The minimum atomic E-state index is -0.916. The number of carbonyl (C=O) groups is 7. The number of aromatic hydroxyl groups is 3. The summed E-state index contributed by atoms with van der Waals surface area (Å²) in [5, 5.41) is 28.6. The maximum Gasteiger partial charge on any atom is 0.311 e. The number of Topliss-reactive ketones (excluding diaryl/α,β-unsaturated/α-hetero) is 3. The molecule has 13 heteroatoms. The van der Waals surface area contributed by atoms with Crippen molar-refractivity contribution in [2.45, 2.75) is 135 Å². The Balaban J connectivity index is 0.000000589. The second-order valence-electron chi connectivity index (χ2n) is 23.6. The van der Waals surface area contributed by atoms with Gasteiger partial charge in [-0.15, -0.1) is 0 Å². The first-order valence-electron chi connectivity index (χ1n) is 31.3. The van der Waals surface area contributed by atoms with Crippen LogP contribution in [0.1, 0.15) is 161 Å². The maximum atomic E-state index is 13.3. The third kappa shape index (κ3) is 26.8. The second kappa shape index (κ2) is 38.0. The second-order valence-corrected chi connectivity index (χ2v) is 23.6. The van der Waals surface area contributed by atoms with Crippen molar-refractivity contribution >= 4 is 65.8 Å². The van der Waals surface area contributed by atoms with Crippen molar-refractivity contribution in [3.05, 3.63) is 242 Å². The number of ether oxygens (including phenoxy) is 3. The molecular formula is C80H90O13. The van der Waals surface area contributed by atoms with E-state index < -0.39 is 24.0 Å². The molecule has 0 radical (unpaired) electrons. The Hall–Kier alpha value is -10.0. The van der Waals surface area contributed by atoms with E-state index in [0.29, 0.717) is 46.5 Å². The molecule has 0 saturated heterocycles. The van der Waals surface area contributed by atoms with Crippen LogP contribution in [-0.2, 0) is 33.5 Å². The highest BCUT2D eigenvalue weighted by Crippen LogP contribution is 2.42. The van der Waals surface area contributed by atoms with E-state index in [0.717, 1.165) is 56.6 Å². The fourth-order valence-corrected chi connectivity index (χ4v) is 10.1. The van der Waals surface area contributed by atoms with Gasteiger partial charge in [0.05, 0.1) is 19.3 Å². The summed E-state index contributed by atoms with van der Waals surface area (Å²) < 4.78 is 16.1. The molecule has 3 unspecified atom stereocenters. The van der Waals surface area contributed by atoms with Gasteiger partial charge in [-0.25, -0.2) is 0 Å². The molecule has 0 aromatic heterocycles. The molecule has 2 aliphatic rings. The molecular weight excluding hydrogens is 1170 g/mol. The third-order valence-electron chi connectivity index (χ3n) is 14.9. The molecule has 0 spiro atoms. The summed E-state index contributed by atoms with van der Waals surface area (Å²) in [6.45, 7) is 25.7. The zero-order valence-electron chi connectivity index (χ0n) is 56.0. The maximum absolute atomic E-state index is 13.3. The summed E-state index contributed by atoms with van der Waals surface area (Å²) in [6.07, 6.45) is 36.3. The lowest BCUT2D eigenvalue weighted by atomic mass is 9.68. The molecule has 0 amide bonds. The first-order chi connectivity index (χ1) is 44.2. The molecule has 4 aromatic carbocycles. The summed E-state index contributed by atoms with van der Waals surface area (Å²) in [6, 6.07) is 22.5. The molecule has 3 N–H and O–H groups in total. The molecule has 0 saturated carbocycles. The highest BCUT2D eigenvalue weighted by Gasteiger charge is 2.36. The molecule has 6 rings (SSSR count). The van der Waals surface area contributed by atoms with E-state index in [2.05, 4.69) is 58.1 Å². The number of ketones is 3. The van der Waals surface area contributed by atoms with Crippen molar-refractivity contribution in [3.8, 4) is 28.7 Å². The van der Waals surface area contributed by atoms with Gasteiger partial charge in [0.15, 0.2) is 17.7 Å². The van der Waals surface area contributed by atoms with E-state index in [1.807, 2.05) is 103 Å². The van der Waals surface area contributed by atoms with Gasteiger partial charge in [-0.3, -0.25) is 28.8 Å². The Morgan fingerprint density at radius 2 is 0.914 bits per heavy atom. The van der Waals surface area contributed by atoms with Gasteiger partial charge in [-0.1, -0.05) is 197 Å². The molecule has 93 heavy (non-hydrogen) atoms. The number of hydrogen-bond acceptors (Lipinski definition) is 13. The first-order valence-corrected chi connectivity index (χ1v) is 31.3. The monoisotopic (exact) mass is 1260 g/mol. The van der Waals surface area contributed by atoms with Crippen LogP contribution < -0.4 is 9.47 Å². The van der Waals surface area contributed by atoms with Crippen LogP contribution in [0.3, 0.4) is 0 Å². The van der Waals surface area contributed by atoms with Gasteiger partial charge < -0.3 is 34.3 Å². The van der Waals surface area contributed by atoms with Gasteiger partial charge in [0.2, 0.25) is 0 Å². The largest absolute Gasteiger partial charge is 0.508 e. The van der Waals surface area contributed by atoms with Gasteiger partial charge in [-0.2, -0.15) is 0 Å². The number of rotatable bonds is 24. The lowest BCUT2D eigenvalue weighted by Gasteiger charge is -2.35. The average Bonchev–Trinajstić information content (AvgIpc) is 1.29. The number of esters is 3. The van der Waals surface area contributed by atoms with E-state index in [1.165, 1.54) is 37.3 Å². The van der Waals surface area contributed by atoms with Crippen molar-refractivity contribution in [2.24, 2.45) is 17.3 Å². The number of phenols is 3. The van der Waals surface area contributed by atoms with Crippen LogP contribution in [0, 0.1) is 17.3 Å². The third-order valence-corrected chi connectivity index (χ3v) is 14.9. The minimum Gasteiger partial charge on any atom is -0.508 e. The van der Waals surface area contributed by atoms with Crippen LogP contribution in [0.25, 0.3) is 24.3 Å². The molecule has 0 fully saturated rings. The van der Waals surface area contributed by atoms with Crippen LogP contribution in [0.2, 0.25) is 0 Å². The predicted octanol–water partition coefficient (Wildman–Crippen LogP) is 18.0. The van der Waals surface area contributed by atoms with Gasteiger partial charge in [0.1, 0.15) is 40.8 Å². The number of carbonyl (C=O) groups excluding carboxylic acids is 7. The minimum absolute atomic E-state index is 0.00848. The number of hydrogen-bond donors (Lipinski definition) is 3. The highest BCUT2D eigenvalue weighted by atomic mass is 16.6. The quantitative estimate of drug-likeness (QED) is 0.0196. The standard InChI is InChI=1S/C59H66O8.C19H18O5.C2H6/c1-39(15-11-12-16-40(2)18-14-20-42(4)22-30-53-46(8)57(64)44(6)37-59(53,9)10)17-13-19-41(3)21-29-52-43(5)33-54(58(65)45(52)7)67-56(63)32-31-55(62)66-51-27-25-47(26-28-51)23-24-48-34-49(38-60)36-50(61)35-48;1-13(20)2-9-19(23)24-18-7-5-14(6-8-18)3-4-15-10-16(21)12-17(22)11-15;1-2/h11-30,34-36,38,43-44,54,61H,31-33,37H2,1-10H3;3-8,10-12,21-22H,2,9H2,1H3;1-2H3/b12-11+,17-13+,18-14+,24-23+,29-21+,30-22+,39-15+,40-16+,41-19+,42-20+;4-3+;. The zero-order chi connectivity index (χ0) is 68.8. The Morgan fingerprint density at radius 3 is 1.41 bits per heavy atom. The Labute approximate surface area is 549 Å². The molecule has 13 nitrogen and oxygen atoms in total. The fourth-order valence-electron chi connectivity index (χ4n) is 10.1. The Kier molecular flexibility index (Phi) is 30.8. The van der Waals surface area contributed by atoms with Gasteiger partial charge in [0, 0.05) is 24.0 Å². The molecule has 488 valence electrons. The SMILES string of the molecule is CC.CC(=O)CCC(=O)Oc1ccc(/C=C/c2cc(O)cc(O)c2)cc1.CC1=C(/C=C/C(C)=C/C=C/C(C)=C/C=C/C=C(C)/C=C/C=C(C)/C=C/C2=C(C)C(=O)C(C)CC2(C)C)C(C)CC(OC(=O)CCC(=O)Oc2ccc(/C=C/c3cc(O)cc(C=O)c3)cc2)C1=O. The summed E-state index contributed by atoms with van der Waals surface area (Å²) >= 11 is 0. The first kappa shape index (κ1) is 75.4. The van der Waals surface area contributed by atoms with E-state index in [-0.39, 0.29) is 77.5 Å². The van der Waals surface area contributed by atoms with Crippen molar-refractivity contribution < 1.29 is 63.1 Å². The van der Waals surface area contributed by atoms with E-state index >= 15 is 0 Å². The van der Waals surface area contributed by atoms with Crippen molar-refractivity contribution in [1.82, 2.24) is 0 Å². The van der Waals surface area contributed by atoms with Crippen molar-refractivity contribution in [2.75, 3.05) is 0 Å². The van der Waals surface area contributed by atoms with Crippen LogP contribution in [0.5, 0.6) is 28.7 Å². The van der Waals surface area contributed by atoms with Crippen LogP contribution in [-0.4, -0.2) is 63.0 Å². The van der Waals surface area contributed by atoms with Crippen molar-refractivity contribution in [1.29, 1.82) is 0 Å². The van der Waals surface area contributed by atoms with Gasteiger partial charge in [-0.05, 0) is 172 Å². The molecule has 4 aromatic rings. The average molecular weight is 1260 g/mol. The molecule has 0 aliphatic heterocycles. The lowest BCUT2D eigenvalue weighted by Crippen LogP contribution is -2.34. The van der Waals surface area contributed by atoms with Crippen LogP contribution >= 0.6 is 0 Å². The number of allylic oxidation sites excluding steroid dienone is 21.